The molecular weight excluding hydrogens is 537 g/mol. The highest BCUT2D eigenvalue weighted by Crippen LogP contribution is 2.73. The van der Waals surface area contributed by atoms with E-state index in [0.29, 0.717) is 16.2 Å². The van der Waals surface area contributed by atoms with E-state index in [1.165, 1.54) is 83.5 Å². The normalized spacial score (nSPS) is 49.8. The van der Waals surface area contributed by atoms with Crippen LogP contribution in [0.4, 0.5) is 0 Å². The molecule has 0 aliphatic heterocycles. The average Bonchev–Trinajstić information content (AvgIpc) is 2.99. The molecule has 242 valence electrons. The summed E-state index contributed by atoms with van der Waals surface area (Å²) < 4.78 is 0. The van der Waals surface area contributed by atoms with Crippen LogP contribution in [0.25, 0.3) is 0 Å². The summed E-state index contributed by atoms with van der Waals surface area (Å²) in [6.07, 6.45) is 19.0. The van der Waals surface area contributed by atoms with Crippen LogP contribution in [-0.2, 0) is 0 Å². The quantitative estimate of drug-likeness (QED) is 0.234. The van der Waals surface area contributed by atoms with Gasteiger partial charge in [0.1, 0.15) is 0 Å². The Morgan fingerprint density at radius 2 is 1.37 bits per heavy atom. The van der Waals surface area contributed by atoms with Gasteiger partial charge in [-0.25, -0.2) is 0 Å². The minimum absolute atomic E-state index is 0.402. The Bertz CT molecular complexity index is 1160. The zero-order chi connectivity index (χ0) is 30.6. The molecule has 0 aromatic carbocycles. The third-order valence-corrected chi connectivity index (χ3v) is 17.7. The Morgan fingerprint density at radius 1 is 0.721 bits per heavy atom. The van der Waals surface area contributed by atoms with Crippen LogP contribution in [0.1, 0.15) is 146 Å². The van der Waals surface area contributed by atoms with E-state index in [0.717, 1.165) is 76.8 Å². The summed E-state index contributed by atoms with van der Waals surface area (Å²) in [4.78, 5) is 0. The van der Waals surface area contributed by atoms with E-state index in [1.807, 2.05) is 0 Å². The van der Waals surface area contributed by atoms with Crippen LogP contribution in [0, 0.1) is 87.3 Å². The van der Waals surface area contributed by atoms with Gasteiger partial charge in [0.2, 0.25) is 0 Å². The molecule has 0 heterocycles. The van der Waals surface area contributed by atoms with E-state index in [-0.39, 0.29) is 0 Å². The lowest BCUT2D eigenvalue weighted by atomic mass is 9.38. The lowest BCUT2D eigenvalue weighted by Gasteiger charge is -2.67. The molecule has 7 rings (SSSR count). The molecule has 1 heteroatoms. The molecule has 0 saturated heterocycles. The van der Waals surface area contributed by atoms with Crippen molar-refractivity contribution in [3.63, 3.8) is 0 Å². The Kier molecular flexibility index (Phi) is 8.00. The minimum Gasteiger partial charge on any atom is -0.179 e. The van der Waals surface area contributed by atoms with Gasteiger partial charge in [-0.05, 0) is 145 Å². The molecule has 13 unspecified atom stereocenters. The SMILES string of the molecule is CCC(C)C1(C)CCCC2C3CCC(C(C)C)C4=C3C(CC21)C1=C2C4CC3C(C)(CS)CCCC3(C)C2CCC1C(C)C. The molecule has 0 radical (unpaired) electrons. The lowest BCUT2D eigenvalue weighted by Crippen LogP contribution is -2.58. The third-order valence-electron chi connectivity index (χ3n) is 17.0. The molecule has 0 nitrogen and oxygen atoms in total. The van der Waals surface area contributed by atoms with Crippen molar-refractivity contribution in [1.82, 2.24) is 0 Å². The first-order chi connectivity index (χ1) is 20.4. The van der Waals surface area contributed by atoms with Crippen LogP contribution >= 0.6 is 12.6 Å². The summed E-state index contributed by atoms with van der Waals surface area (Å²) in [6, 6.07) is 0. The van der Waals surface area contributed by atoms with Crippen LogP contribution < -0.4 is 0 Å². The third kappa shape index (κ3) is 4.33. The molecule has 0 spiro atoms. The van der Waals surface area contributed by atoms with Crippen molar-refractivity contribution in [2.75, 3.05) is 5.75 Å². The molecule has 13 atom stereocenters. The van der Waals surface area contributed by atoms with Gasteiger partial charge in [-0.3, -0.25) is 0 Å². The fourth-order valence-corrected chi connectivity index (χ4v) is 15.0. The van der Waals surface area contributed by atoms with Gasteiger partial charge < -0.3 is 0 Å². The second-order valence-corrected chi connectivity index (χ2v) is 19.4. The molecule has 0 aromatic rings. The molecule has 43 heavy (non-hydrogen) atoms. The van der Waals surface area contributed by atoms with Crippen LogP contribution in [0.5, 0.6) is 0 Å². The maximum atomic E-state index is 5.12. The van der Waals surface area contributed by atoms with Gasteiger partial charge in [-0.15, -0.1) is 0 Å². The molecule has 0 bridgehead atoms. The van der Waals surface area contributed by atoms with Crippen molar-refractivity contribution >= 4 is 12.6 Å². The second-order valence-electron chi connectivity index (χ2n) is 19.1. The van der Waals surface area contributed by atoms with Crippen molar-refractivity contribution in [1.29, 1.82) is 0 Å². The van der Waals surface area contributed by atoms with Gasteiger partial charge in [0.15, 0.2) is 0 Å². The largest absolute Gasteiger partial charge is 0.179 e. The Hall–Kier alpha value is -0.170. The van der Waals surface area contributed by atoms with E-state index in [2.05, 4.69) is 84.6 Å². The molecule has 7 aliphatic rings. The van der Waals surface area contributed by atoms with Crippen LogP contribution in [0.15, 0.2) is 22.3 Å². The van der Waals surface area contributed by atoms with E-state index in [1.54, 1.807) is 0 Å². The monoisotopic (exact) mass is 605 g/mol. The predicted octanol–water partition coefficient (Wildman–Crippen LogP) is 12.2. The first-order valence-corrected chi connectivity index (χ1v) is 20.1. The van der Waals surface area contributed by atoms with E-state index >= 15 is 0 Å². The Labute approximate surface area is 272 Å². The minimum atomic E-state index is 0.402. The van der Waals surface area contributed by atoms with Gasteiger partial charge >= 0.3 is 0 Å². The van der Waals surface area contributed by atoms with Gasteiger partial charge in [-0.1, -0.05) is 104 Å². The number of hydrogen-bond donors (Lipinski definition) is 1. The van der Waals surface area contributed by atoms with Crippen LogP contribution in [0.3, 0.4) is 0 Å². The maximum Gasteiger partial charge on any atom is 0.00219 e. The molecular formula is C42H68S. The molecule has 4 saturated carbocycles. The average molecular weight is 605 g/mol. The van der Waals surface area contributed by atoms with E-state index < -0.39 is 0 Å². The second kappa shape index (κ2) is 10.9. The van der Waals surface area contributed by atoms with Crippen molar-refractivity contribution < 1.29 is 0 Å². The topological polar surface area (TPSA) is 0 Å². The summed E-state index contributed by atoms with van der Waals surface area (Å²) in [5.41, 5.74) is 9.75. The maximum absolute atomic E-state index is 5.12. The lowest BCUT2D eigenvalue weighted by molar-refractivity contribution is -0.0764. The zero-order valence-corrected chi connectivity index (χ0v) is 30.7. The number of rotatable bonds is 5. The first-order valence-electron chi connectivity index (χ1n) is 19.5. The number of thiol groups is 1. The van der Waals surface area contributed by atoms with Crippen molar-refractivity contribution in [3.05, 3.63) is 22.3 Å². The van der Waals surface area contributed by atoms with Gasteiger partial charge in [0.25, 0.3) is 0 Å². The number of hydrogen-bond acceptors (Lipinski definition) is 1. The summed E-state index contributed by atoms with van der Waals surface area (Å²) >= 11 is 5.12. The fraction of sp³-hybridized carbons (Fsp3) is 0.905. The molecule has 0 N–H and O–H groups in total. The highest BCUT2D eigenvalue weighted by Gasteiger charge is 2.63. The van der Waals surface area contributed by atoms with Crippen molar-refractivity contribution in [2.24, 2.45) is 87.3 Å². The molecule has 0 amide bonds. The Balaban J connectivity index is 1.46. The van der Waals surface area contributed by atoms with Crippen LogP contribution in [-0.4, -0.2) is 5.75 Å². The highest BCUT2D eigenvalue weighted by molar-refractivity contribution is 7.80. The number of fused-ring (bicyclic) bond motifs is 6. The van der Waals surface area contributed by atoms with Crippen molar-refractivity contribution in [2.45, 2.75) is 146 Å². The molecule has 4 fully saturated rings. The van der Waals surface area contributed by atoms with E-state index in [4.69, 9.17) is 12.6 Å². The standard InChI is InChI=1S/C42H68S/c1-10-26(6)41(8)19-11-13-29-30-15-14-27(24(2)3)36-32-22-35-40(7,23-43)18-12-20-42(35,9)33-17-16-28(25(4)5)37(39(32)33)31(38(30)36)21-34(29)41/h24-35,43H,10-23H2,1-9H3. The molecule has 7 aliphatic carbocycles. The highest BCUT2D eigenvalue weighted by atomic mass is 32.1. The Morgan fingerprint density at radius 3 is 2.02 bits per heavy atom. The van der Waals surface area contributed by atoms with Crippen LogP contribution in [0.2, 0.25) is 0 Å². The number of allylic oxidation sites excluding steroid dienone is 4. The van der Waals surface area contributed by atoms with Crippen molar-refractivity contribution in [3.8, 4) is 0 Å². The summed E-state index contributed by atoms with van der Waals surface area (Å²) in [7, 11) is 0. The zero-order valence-electron chi connectivity index (χ0n) is 29.8. The fourth-order valence-electron chi connectivity index (χ4n) is 14.6. The van der Waals surface area contributed by atoms with Gasteiger partial charge in [-0.2, -0.15) is 12.6 Å². The smallest absolute Gasteiger partial charge is 0.00219 e. The summed E-state index contributed by atoms with van der Waals surface area (Å²) in [5.74, 6) is 11.1. The summed E-state index contributed by atoms with van der Waals surface area (Å²) in [5, 5.41) is 0. The van der Waals surface area contributed by atoms with Gasteiger partial charge in [0, 0.05) is 11.8 Å². The summed E-state index contributed by atoms with van der Waals surface area (Å²) in [6.45, 7) is 23.7. The van der Waals surface area contributed by atoms with E-state index in [9.17, 15) is 0 Å². The molecule has 0 aromatic heterocycles. The first kappa shape index (κ1) is 31.4. The van der Waals surface area contributed by atoms with Gasteiger partial charge in [0.05, 0.1) is 0 Å². The predicted molar refractivity (Wildman–Crippen MR) is 188 cm³/mol.